The number of nitrogens with one attached hydrogen (secondary N) is 1. The van der Waals surface area contributed by atoms with Crippen LogP contribution in [-0.4, -0.2) is 17.2 Å². The maximum Gasteiger partial charge on any atom is 0.275 e. The monoisotopic (exact) mass is 283 g/mol. The number of rotatable bonds is 4. The molecule has 2 rings (SSSR count). The normalized spacial score (nSPS) is 11.5. The fraction of sp³-hybridized carbons (Fsp3) is 0. The Kier molecular flexibility index (Phi) is 4.60. The standard InChI is InChI=1S/C14H13N5O2/c15-14(18-19(20)21)17-16-10-11-6-8-13(9-7-11)12-4-2-1-3-5-12/h1-10H,(H3,15,17,18)/b16-10-. The van der Waals surface area contributed by atoms with Gasteiger partial charge in [0, 0.05) is 0 Å². The topological polar surface area (TPSA) is 106 Å². The Morgan fingerprint density at radius 2 is 1.71 bits per heavy atom. The van der Waals surface area contributed by atoms with E-state index in [-0.39, 0.29) is 5.96 Å². The lowest BCUT2D eigenvalue weighted by molar-refractivity contribution is -0.525. The van der Waals surface area contributed by atoms with Crippen molar-refractivity contribution >= 4 is 12.2 Å². The van der Waals surface area contributed by atoms with Crippen molar-refractivity contribution in [3.8, 4) is 11.1 Å². The average Bonchev–Trinajstić information content (AvgIpc) is 2.48. The number of hydrogen-bond donors (Lipinski definition) is 2. The van der Waals surface area contributed by atoms with Crippen molar-refractivity contribution in [3.63, 3.8) is 0 Å². The van der Waals surface area contributed by atoms with Gasteiger partial charge in [-0.25, -0.2) is 10.1 Å². The molecule has 0 fully saturated rings. The smallest absolute Gasteiger partial charge is 0.275 e. The van der Waals surface area contributed by atoms with Crippen molar-refractivity contribution < 1.29 is 5.03 Å². The first-order valence-electron chi connectivity index (χ1n) is 6.08. The zero-order valence-corrected chi connectivity index (χ0v) is 11.0. The highest BCUT2D eigenvalue weighted by Gasteiger charge is 1.98. The molecule has 3 N–H and O–H groups in total. The predicted octanol–water partition coefficient (Wildman–Crippen LogP) is 1.78. The third kappa shape index (κ3) is 4.43. The van der Waals surface area contributed by atoms with E-state index in [1.54, 1.807) is 5.43 Å². The first-order chi connectivity index (χ1) is 10.1. The minimum absolute atomic E-state index is 0.378. The summed E-state index contributed by atoms with van der Waals surface area (Å²) in [6.07, 6.45) is 1.46. The predicted molar refractivity (Wildman–Crippen MR) is 81.2 cm³/mol. The molecule has 7 nitrogen and oxygen atoms in total. The van der Waals surface area contributed by atoms with E-state index >= 15 is 0 Å². The van der Waals surface area contributed by atoms with Crippen molar-refractivity contribution in [3.05, 3.63) is 70.3 Å². The maximum absolute atomic E-state index is 10.1. The van der Waals surface area contributed by atoms with Gasteiger partial charge in [-0.3, -0.25) is 0 Å². The zero-order chi connectivity index (χ0) is 15.1. The van der Waals surface area contributed by atoms with E-state index < -0.39 is 5.03 Å². The lowest BCUT2D eigenvalue weighted by Crippen LogP contribution is -2.35. The molecule has 0 bridgehead atoms. The number of guanidine groups is 1. The minimum atomic E-state index is -0.803. The lowest BCUT2D eigenvalue weighted by atomic mass is 10.0. The van der Waals surface area contributed by atoms with E-state index in [0.717, 1.165) is 16.7 Å². The van der Waals surface area contributed by atoms with Gasteiger partial charge in [-0.2, -0.15) is 5.10 Å². The third-order valence-electron chi connectivity index (χ3n) is 2.60. The number of hydrogen-bond acceptors (Lipinski definition) is 4. The van der Waals surface area contributed by atoms with Gasteiger partial charge in [0.2, 0.25) is 0 Å². The fourth-order valence-corrected chi connectivity index (χ4v) is 1.67. The number of hydrazine groups is 1. The second-order valence-corrected chi connectivity index (χ2v) is 4.09. The molecular weight excluding hydrogens is 270 g/mol. The van der Waals surface area contributed by atoms with Crippen molar-refractivity contribution in [2.45, 2.75) is 0 Å². The molecule has 0 aliphatic heterocycles. The van der Waals surface area contributed by atoms with E-state index in [1.165, 1.54) is 6.21 Å². The molecule has 0 aromatic heterocycles. The molecule has 0 heterocycles. The van der Waals surface area contributed by atoms with E-state index in [9.17, 15) is 10.1 Å². The summed E-state index contributed by atoms with van der Waals surface area (Å²) in [6, 6.07) is 17.6. The molecule has 106 valence electrons. The molecule has 2 aromatic rings. The van der Waals surface area contributed by atoms with Crippen LogP contribution < -0.4 is 11.2 Å². The summed E-state index contributed by atoms with van der Waals surface area (Å²) in [5.41, 5.74) is 9.94. The van der Waals surface area contributed by atoms with Crippen LogP contribution in [-0.2, 0) is 0 Å². The molecule has 21 heavy (non-hydrogen) atoms. The van der Waals surface area contributed by atoms with Crippen LogP contribution in [0.2, 0.25) is 0 Å². The van der Waals surface area contributed by atoms with Crippen LogP contribution >= 0.6 is 0 Å². The average molecular weight is 283 g/mol. The van der Waals surface area contributed by atoms with Gasteiger partial charge in [0.15, 0.2) is 5.03 Å². The van der Waals surface area contributed by atoms with Gasteiger partial charge in [0.05, 0.1) is 6.21 Å². The van der Waals surface area contributed by atoms with Crippen LogP contribution in [0.3, 0.4) is 0 Å². The summed E-state index contributed by atoms with van der Waals surface area (Å²) < 4.78 is 0. The Morgan fingerprint density at radius 3 is 2.33 bits per heavy atom. The molecule has 0 amide bonds. The lowest BCUT2D eigenvalue weighted by Gasteiger charge is -2.01. The molecule has 0 aliphatic rings. The number of nitrogens with zero attached hydrogens (tertiary/aromatic N) is 3. The highest BCUT2D eigenvalue weighted by molar-refractivity contribution is 5.82. The molecule has 0 unspecified atom stereocenters. The zero-order valence-electron chi connectivity index (χ0n) is 11.0. The summed E-state index contributed by atoms with van der Waals surface area (Å²) in [6.45, 7) is 0. The van der Waals surface area contributed by atoms with Crippen molar-refractivity contribution in [2.24, 2.45) is 15.9 Å². The SMILES string of the molecule is N/C(=N\N=C/c1ccc(-c2ccccc2)cc1)N[N+](=O)[O-]. The Balaban J connectivity index is 2.05. The van der Waals surface area contributed by atoms with Gasteiger partial charge in [-0.05, 0) is 16.7 Å². The number of nitrogens with two attached hydrogens (primary N) is 1. The van der Waals surface area contributed by atoms with Crippen LogP contribution in [0.15, 0.2) is 64.8 Å². The van der Waals surface area contributed by atoms with Gasteiger partial charge in [0.1, 0.15) is 0 Å². The molecule has 0 aliphatic carbocycles. The summed E-state index contributed by atoms with van der Waals surface area (Å²) >= 11 is 0. The van der Waals surface area contributed by atoms with Crippen molar-refractivity contribution in [2.75, 3.05) is 0 Å². The van der Waals surface area contributed by atoms with Crippen molar-refractivity contribution in [1.82, 2.24) is 5.43 Å². The van der Waals surface area contributed by atoms with Gasteiger partial charge in [-0.1, -0.05) is 60.0 Å². The van der Waals surface area contributed by atoms with Crippen LogP contribution in [0.5, 0.6) is 0 Å². The molecule has 0 spiro atoms. The van der Waals surface area contributed by atoms with Gasteiger partial charge >= 0.3 is 0 Å². The van der Waals surface area contributed by atoms with E-state index in [4.69, 9.17) is 5.73 Å². The molecule has 0 saturated carbocycles. The first-order valence-corrected chi connectivity index (χ1v) is 6.08. The molecule has 0 atom stereocenters. The molecule has 2 aromatic carbocycles. The van der Waals surface area contributed by atoms with Gasteiger partial charge in [-0.15, -0.1) is 5.10 Å². The van der Waals surface area contributed by atoms with E-state index in [1.807, 2.05) is 54.6 Å². The second-order valence-electron chi connectivity index (χ2n) is 4.09. The van der Waals surface area contributed by atoms with Crippen LogP contribution in [0.1, 0.15) is 5.56 Å². The Bertz CT molecular complexity index is 666. The largest absolute Gasteiger partial charge is 0.364 e. The Morgan fingerprint density at radius 1 is 1.10 bits per heavy atom. The molecule has 7 heteroatoms. The fourth-order valence-electron chi connectivity index (χ4n) is 1.67. The molecule has 0 saturated heterocycles. The van der Waals surface area contributed by atoms with Gasteiger partial charge in [0.25, 0.3) is 5.96 Å². The maximum atomic E-state index is 10.1. The van der Waals surface area contributed by atoms with Crippen molar-refractivity contribution in [1.29, 1.82) is 0 Å². The summed E-state index contributed by atoms with van der Waals surface area (Å²) in [7, 11) is 0. The summed E-state index contributed by atoms with van der Waals surface area (Å²) in [4.78, 5) is 10.1. The first kappa shape index (κ1) is 14.2. The Hall–Kier alpha value is -3.22. The third-order valence-corrected chi connectivity index (χ3v) is 2.60. The van der Waals surface area contributed by atoms with E-state index in [0.29, 0.717) is 0 Å². The number of benzene rings is 2. The van der Waals surface area contributed by atoms with Crippen LogP contribution in [0, 0.1) is 10.1 Å². The highest BCUT2D eigenvalue weighted by Crippen LogP contribution is 2.18. The van der Waals surface area contributed by atoms with Crippen LogP contribution in [0.25, 0.3) is 11.1 Å². The Labute approximate surface area is 120 Å². The highest BCUT2D eigenvalue weighted by atomic mass is 16.7. The quantitative estimate of drug-likeness (QED) is 0.386. The van der Waals surface area contributed by atoms with Crippen LogP contribution in [0.4, 0.5) is 0 Å². The summed E-state index contributed by atoms with van der Waals surface area (Å²) in [5.74, 6) is -0.378. The molecular formula is C14H13N5O2. The molecule has 0 radical (unpaired) electrons. The van der Waals surface area contributed by atoms with Gasteiger partial charge < -0.3 is 5.73 Å². The minimum Gasteiger partial charge on any atom is -0.364 e. The second kappa shape index (κ2) is 6.80. The number of nitro groups is 1. The summed E-state index contributed by atoms with van der Waals surface area (Å²) in [5, 5.41) is 16.4. The van der Waals surface area contributed by atoms with E-state index in [2.05, 4.69) is 10.2 Å².